The number of alkyl halides is 2. The highest BCUT2D eigenvalue weighted by Gasteiger charge is 2.26. The van der Waals surface area contributed by atoms with E-state index in [-0.39, 0.29) is 11.9 Å². The second kappa shape index (κ2) is 9.01. The molecule has 0 spiro atoms. The zero-order valence-corrected chi connectivity index (χ0v) is 19.1. The van der Waals surface area contributed by atoms with E-state index in [1.807, 2.05) is 41.7 Å². The standard InChI is InChI=1S/C25H25F2N5O3/c1-15-23(20-11-16-5-2-3-7-19(16)32(20)14-21(26)27)29-22-12-17(8-10-31(15)22)24(33)30-9-4-6-18(13-30)28-25(34)35/h2-3,5,7-8,10-12,18,21,28H,4,6,9,13-14H2,1H3,(H,34,35)/t18-/m1/s1. The van der Waals surface area contributed by atoms with Gasteiger partial charge in [0, 0.05) is 47.5 Å². The second-order valence-corrected chi connectivity index (χ2v) is 8.82. The van der Waals surface area contributed by atoms with Gasteiger partial charge in [-0.3, -0.25) is 4.79 Å². The number of nitrogens with one attached hydrogen (secondary N) is 1. The lowest BCUT2D eigenvalue weighted by Gasteiger charge is -2.32. The van der Waals surface area contributed by atoms with E-state index in [0.29, 0.717) is 54.0 Å². The Morgan fingerprint density at radius 1 is 1.23 bits per heavy atom. The number of halogens is 2. The molecule has 5 rings (SSSR count). The van der Waals surface area contributed by atoms with Crippen molar-refractivity contribution in [1.82, 2.24) is 24.2 Å². The Labute approximate surface area is 199 Å². The fraction of sp³-hybridized carbons (Fsp3) is 0.320. The number of benzene rings is 1. The number of para-hydroxylation sites is 1. The molecule has 0 unspecified atom stereocenters. The molecule has 0 radical (unpaired) electrons. The minimum Gasteiger partial charge on any atom is -0.465 e. The van der Waals surface area contributed by atoms with E-state index in [1.54, 1.807) is 27.8 Å². The number of piperidine rings is 1. The molecule has 1 fully saturated rings. The molecule has 0 bridgehead atoms. The number of hydrogen-bond acceptors (Lipinski definition) is 3. The SMILES string of the molecule is Cc1c(-c2cc3ccccc3n2CC(F)F)nc2cc(C(=O)N3CCC[C@@H](NC(=O)O)C3)ccn12. The van der Waals surface area contributed by atoms with Crippen molar-refractivity contribution < 1.29 is 23.5 Å². The molecule has 3 aromatic heterocycles. The summed E-state index contributed by atoms with van der Waals surface area (Å²) < 4.78 is 30.3. The van der Waals surface area contributed by atoms with Crippen LogP contribution in [-0.2, 0) is 6.54 Å². The number of rotatable bonds is 5. The van der Waals surface area contributed by atoms with Crippen LogP contribution in [0.1, 0.15) is 28.9 Å². The fourth-order valence-electron chi connectivity index (χ4n) is 4.92. The van der Waals surface area contributed by atoms with E-state index in [9.17, 15) is 18.4 Å². The first kappa shape index (κ1) is 22.8. The third-order valence-corrected chi connectivity index (χ3v) is 6.52. The van der Waals surface area contributed by atoms with Gasteiger partial charge in [-0.25, -0.2) is 18.6 Å². The molecule has 0 aliphatic carbocycles. The Morgan fingerprint density at radius 3 is 2.80 bits per heavy atom. The number of carboxylic acid groups (broad SMARTS) is 1. The number of amides is 2. The van der Waals surface area contributed by atoms with Crippen LogP contribution < -0.4 is 5.32 Å². The first-order valence-corrected chi connectivity index (χ1v) is 11.5. The van der Waals surface area contributed by atoms with Gasteiger partial charge in [-0.1, -0.05) is 18.2 Å². The van der Waals surface area contributed by atoms with Gasteiger partial charge in [0.1, 0.15) is 11.3 Å². The largest absolute Gasteiger partial charge is 0.465 e. The minimum absolute atomic E-state index is 0.196. The summed E-state index contributed by atoms with van der Waals surface area (Å²) in [4.78, 5) is 30.5. The van der Waals surface area contributed by atoms with Crippen molar-refractivity contribution in [3.63, 3.8) is 0 Å². The Kier molecular flexibility index (Phi) is 5.88. The maximum absolute atomic E-state index is 13.4. The average Bonchev–Trinajstić information content (AvgIpc) is 3.35. The Balaban J connectivity index is 1.50. The van der Waals surface area contributed by atoms with Crippen LogP contribution in [0.15, 0.2) is 48.7 Å². The summed E-state index contributed by atoms with van der Waals surface area (Å²) >= 11 is 0. The third kappa shape index (κ3) is 4.31. The van der Waals surface area contributed by atoms with E-state index in [2.05, 4.69) is 5.32 Å². The fourth-order valence-corrected chi connectivity index (χ4v) is 4.92. The number of imidazole rings is 1. The maximum atomic E-state index is 13.4. The van der Waals surface area contributed by atoms with Gasteiger partial charge in [0.15, 0.2) is 0 Å². The smallest absolute Gasteiger partial charge is 0.404 e. The number of pyridine rings is 1. The van der Waals surface area contributed by atoms with Gasteiger partial charge in [0.2, 0.25) is 0 Å². The number of nitrogens with zero attached hydrogens (tertiary/aromatic N) is 4. The van der Waals surface area contributed by atoms with Crippen LogP contribution in [0.4, 0.5) is 13.6 Å². The Hall–Kier alpha value is -3.95. The van der Waals surface area contributed by atoms with E-state index in [1.165, 1.54) is 0 Å². The van der Waals surface area contributed by atoms with Crippen molar-refractivity contribution in [3.8, 4) is 11.4 Å². The van der Waals surface area contributed by atoms with Crippen LogP contribution in [0.25, 0.3) is 27.9 Å². The quantitative estimate of drug-likeness (QED) is 0.442. The van der Waals surface area contributed by atoms with Crippen LogP contribution in [0.2, 0.25) is 0 Å². The van der Waals surface area contributed by atoms with Gasteiger partial charge in [-0.15, -0.1) is 0 Å². The number of carbonyl (C=O) groups is 2. The summed E-state index contributed by atoms with van der Waals surface area (Å²) in [6.07, 6.45) is -0.471. The van der Waals surface area contributed by atoms with Gasteiger partial charge >= 0.3 is 6.09 Å². The number of hydrogen-bond donors (Lipinski definition) is 2. The molecule has 1 aromatic carbocycles. The second-order valence-electron chi connectivity index (χ2n) is 8.82. The Morgan fingerprint density at radius 2 is 2.03 bits per heavy atom. The van der Waals surface area contributed by atoms with Crippen molar-refractivity contribution in [2.45, 2.75) is 38.8 Å². The van der Waals surface area contributed by atoms with Crippen LogP contribution in [-0.4, -0.2) is 61.5 Å². The summed E-state index contributed by atoms with van der Waals surface area (Å²) in [6, 6.07) is 12.3. The molecule has 1 aliphatic rings. The zero-order chi connectivity index (χ0) is 24.7. The summed E-state index contributed by atoms with van der Waals surface area (Å²) in [5.41, 5.74) is 3.65. The number of carbonyl (C=O) groups excluding carboxylic acids is 1. The third-order valence-electron chi connectivity index (χ3n) is 6.52. The molecule has 2 amide bonds. The summed E-state index contributed by atoms with van der Waals surface area (Å²) in [5.74, 6) is -0.196. The number of fused-ring (bicyclic) bond motifs is 2. The Bertz CT molecular complexity index is 1430. The lowest BCUT2D eigenvalue weighted by molar-refractivity contribution is 0.0692. The lowest BCUT2D eigenvalue weighted by Crippen LogP contribution is -2.49. The predicted octanol–water partition coefficient (Wildman–Crippen LogP) is 4.40. The average molecular weight is 482 g/mol. The molecule has 0 saturated carbocycles. The van der Waals surface area contributed by atoms with E-state index in [4.69, 9.17) is 10.1 Å². The topological polar surface area (TPSA) is 91.9 Å². The van der Waals surface area contributed by atoms with Crippen molar-refractivity contribution in [3.05, 3.63) is 59.9 Å². The van der Waals surface area contributed by atoms with Gasteiger partial charge in [-0.2, -0.15) is 0 Å². The van der Waals surface area contributed by atoms with E-state index < -0.39 is 19.1 Å². The molecule has 4 aromatic rings. The van der Waals surface area contributed by atoms with Crippen LogP contribution in [0.5, 0.6) is 0 Å². The van der Waals surface area contributed by atoms with Crippen molar-refractivity contribution >= 4 is 28.6 Å². The first-order chi connectivity index (χ1) is 16.8. The predicted molar refractivity (Wildman–Crippen MR) is 127 cm³/mol. The maximum Gasteiger partial charge on any atom is 0.404 e. The molecule has 1 aliphatic heterocycles. The monoisotopic (exact) mass is 481 g/mol. The molecule has 182 valence electrons. The number of aromatic nitrogens is 3. The first-order valence-electron chi connectivity index (χ1n) is 11.5. The molecular weight excluding hydrogens is 456 g/mol. The van der Waals surface area contributed by atoms with Crippen LogP contribution >= 0.6 is 0 Å². The minimum atomic E-state index is -2.52. The molecule has 10 heteroatoms. The van der Waals surface area contributed by atoms with Crippen molar-refractivity contribution in [2.24, 2.45) is 0 Å². The van der Waals surface area contributed by atoms with Gasteiger partial charge in [-0.05, 0) is 44.0 Å². The molecule has 4 heterocycles. The molecule has 1 atom stereocenters. The van der Waals surface area contributed by atoms with Gasteiger partial charge < -0.3 is 24.3 Å². The van der Waals surface area contributed by atoms with E-state index in [0.717, 1.165) is 11.1 Å². The highest BCUT2D eigenvalue weighted by molar-refractivity contribution is 5.95. The zero-order valence-electron chi connectivity index (χ0n) is 19.1. The molecule has 35 heavy (non-hydrogen) atoms. The molecule has 2 N–H and O–H groups in total. The molecule has 1 saturated heterocycles. The normalized spacial score (nSPS) is 16.3. The van der Waals surface area contributed by atoms with Gasteiger partial charge in [0.25, 0.3) is 12.3 Å². The highest BCUT2D eigenvalue weighted by atomic mass is 19.3. The van der Waals surface area contributed by atoms with Gasteiger partial charge in [0.05, 0.1) is 12.2 Å². The lowest BCUT2D eigenvalue weighted by atomic mass is 10.0. The summed E-state index contributed by atoms with van der Waals surface area (Å²) in [6.45, 7) is 2.28. The van der Waals surface area contributed by atoms with Crippen molar-refractivity contribution in [1.29, 1.82) is 0 Å². The summed E-state index contributed by atoms with van der Waals surface area (Å²) in [5, 5.41) is 12.3. The van der Waals surface area contributed by atoms with E-state index >= 15 is 0 Å². The molecular formula is C25H25F2N5O3. The highest BCUT2D eigenvalue weighted by Crippen LogP contribution is 2.31. The number of likely N-dealkylation sites (tertiary alicyclic amines) is 1. The number of aryl methyl sites for hydroxylation is 1. The van der Waals surface area contributed by atoms with Crippen LogP contribution in [0.3, 0.4) is 0 Å². The molecule has 8 nitrogen and oxygen atoms in total. The summed E-state index contributed by atoms with van der Waals surface area (Å²) in [7, 11) is 0. The van der Waals surface area contributed by atoms with Crippen molar-refractivity contribution in [2.75, 3.05) is 13.1 Å². The van der Waals surface area contributed by atoms with Crippen LogP contribution in [0, 0.1) is 6.92 Å².